The molecule has 1 N–H and O–H groups in total. The Balaban J connectivity index is 2.09. The Hall–Kier alpha value is -2.26. The standard InChI is InChI=1S/C16H14O3/c1-2-9-18-16-12-5-3-4-6-14(12)19-15-10-11(17)7-8-13(15)16/h2-8,10,16-17H,1,9H2. The maximum atomic E-state index is 9.56. The molecule has 3 rings (SSSR count). The molecule has 0 radical (unpaired) electrons. The summed E-state index contributed by atoms with van der Waals surface area (Å²) < 4.78 is 11.6. The van der Waals surface area contributed by atoms with Gasteiger partial charge in [-0.1, -0.05) is 24.3 Å². The zero-order valence-corrected chi connectivity index (χ0v) is 10.4. The van der Waals surface area contributed by atoms with Crippen LogP contribution in [0.2, 0.25) is 0 Å². The average molecular weight is 254 g/mol. The predicted molar refractivity (Wildman–Crippen MR) is 72.6 cm³/mol. The van der Waals surface area contributed by atoms with Crippen LogP contribution in [0.1, 0.15) is 17.2 Å². The predicted octanol–water partition coefficient (Wildman–Crippen LogP) is 3.79. The molecule has 1 heterocycles. The number of hydrogen-bond donors (Lipinski definition) is 1. The molecule has 0 saturated heterocycles. The lowest BCUT2D eigenvalue weighted by atomic mass is 9.97. The number of fused-ring (bicyclic) bond motifs is 2. The molecule has 1 aliphatic rings. The van der Waals surface area contributed by atoms with Gasteiger partial charge in [-0.25, -0.2) is 0 Å². The van der Waals surface area contributed by atoms with Crippen molar-refractivity contribution in [3.8, 4) is 17.2 Å². The lowest BCUT2D eigenvalue weighted by molar-refractivity contribution is 0.0961. The van der Waals surface area contributed by atoms with Crippen molar-refractivity contribution in [1.29, 1.82) is 0 Å². The van der Waals surface area contributed by atoms with Gasteiger partial charge in [0.05, 0.1) is 6.61 Å². The van der Waals surface area contributed by atoms with E-state index in [0.717, 1.165) is 16.9 Å². The van der Waals surface area contributed by atoms with Crippen LogP contribution < -0.4 is 4.74 Å². The fraction of sp³-hybridized carbons (Fsp3) is 0.125. The molecular weight excluding hydrogens is 240 g/mol. The third-order valence-electron chi connectivity index (χ3n) is 3.08. The van der Waals surface area contributed by atoms with Crippen LogP contribution in [0.15, 0.2) is 55.1 Å². The Morgan fingerprint density at radius 3 is 2.79 bits per heavy atom. The van der Waals surface area contributed by atoms with E-state index >= 15 is 0 Å². The summed E-state index contributed by atoms with van der Waals surface area (Å²) in [5.74, 6) is 1.57. The second kappa shape index (κ2) is 4.78. The molecule has 3 heteroatoms. The third kappa shape index (κ3) is 2.09. The summed E-state index contributed by atoms with van der Waals surface area (Å²) in [4.78, 5) is 0. The van der Waals surface area contributed by atoms with E-state index in [2.05, 4.69) is 6.58 Å². The zero-order chi connectivity index (χ0) is 13.2. The van der Waals surface area contributed by atoms with Crippen molar-refractivity contribution in [1.82, 2.24) is 0 Å². The van der Waals surface area contributed by atoms with Gasteiger partial charge in [-0.2, -0.15) is 0 Å². The van der Waals surface area contributed by atoms with Gasteiger partial charge in [0.2, 0.25) is 0 Å². The largest absolute Gasteiger partial charge is 0.508 e. The molecular formula is C16H14O3. The fourth-order valence-electron chi connectivity index (χ4n) is 2.25. The summed E-state index contributed by atoms with van der Waals surface area (Å²) in [6.45, 7) is 4.13. The molecule has 0 spiro atoms. The first-order valence-corrected chi connectivity index (χ1v) is 6.12. The molecule has 1 unspecified atom stereocenters. The highest BCUT2D eigenvalue weighted by atomic mass is 16.5. The zero-order valence-electron chi connectivity index (χ0n) is 10.4. The fourth-order valence-corrected chi connectivity index (χ4v) is 2.25. The van der Waals surface area contributed by atoms with Crippen molar-refractivity contribution in [3.05, 3.63) is 66.2 Å². The third-order valence-corrected chi connectivity index (χ3v) is 3.08. The van der Waals surface area contributed by atoms with Crippen molar-refractivity contribution < 1.29 is 14.6 Å². The van der Waals surface area contributed by atoms with Crippen molar-refractivity contribution in [2.45, 2.75) is 6.10 Å². The molecule has 3 nitrogen and oxygen atoms in total. The normalized spacial score (nSPS) is 16.1. The van der Waals surface area contributed by atoms with E-state index in [0.29, 0.717) is 12.4 Å². The highest BCUT2D eigenvalue weighted by Crippen LogP contribution is 2.45. The minimum absolute atomic E-state index is 0.181. The van der Waals surface area contributed by atoms with E-state index in [4.69, 9.17) is 9.47 Å². The highest BCUT2D eigenvalue weighted by molar-refractivity contribution is 5.54. The van der Waals surface area contributed by atoms with E-state index in [-0.39, 0.29) is 11.9 Å². The molecule has 0 aliphatic carbocycles. The van der Waals surface area contributed by atoms with Crippen LogP contribution in [0.4, 0.5) is 0 Å². The number of benzene rings is 2. The number of phenolic OH excluding ortho intramolecular Hbond substituents is 1. The molecule has 1 atom stereocenters. The Labute approximate surface area is 111 Å². The van der Waals surface area contributed by atoms with Crippen LogP contribution in [0, 0.1) is 0 Å². The second-order valence-electron chi connectivity index (χ2n) is 4.36. The molecule has 1 aliphatic heterocycles. The van der Waals surface area contributed by atoms with Crippen LogP contribution in [0.25, 0.3) is 0 Å². The van der Waals surface area contributed by atoms with E-state index in [1.807, 2.05) is 30.3 Å². The van der Waals surface area contributed by atoms with Gasteiger partial charge in [-0.05, 0) is 18.2 Å². The summed E-state index contributed by atoms with van der Waals surface area (Å²) in [5, 5.41) is 9.56. The highest BCUT2D eigenvalue weighted by Gasteiger charge is 2.27. The number of rotatable bonds is 3. The number of aromatic hydroxyl groups is 1. The van der Waals surface area contributed by atoms with E-state index < -0.39 is 0 Å². The maximum absolute atomic E-state index is 9.56. The average Bonchev–Trinajstić information content (AvgIpc) is 2.43. The van der Waals surface area contributed by atoms with E-state index in [9.17, 15) is 5.11 Å². The molecule has 0 saturated carbocycles. The second-order valence-corrected chi connectivity index (χ2v) is 4.36. The van der Waals surface area contributed by atoms with Gasteiger partial charge in [-0.3, -0.25) is 0 Å². The molecule has 0 amide bonds. The van der Waals surface area contributed by atoms with Crippen LogP contribution in [-0.2, 0) is 4.74 Å². The van der Waals surface area contributed by atoms with Gasteiger partial charge in [0, 0.05) is 17.2 Å². The Morgan fingerprint density at radius 1 is 1.16 bits per heavy atom. The van der Waals surface area contributed by atoms with Crippen molar-refractivity contribution in [2.75, 3.05) is 6.61 Å². The van der Waals surface area contributed by atoms with E-state index in [1.54, 1.807) is 18.2 Å². The number of phenols is 1. The summed E-state index contributed by atoms with van der Waals surface area (Å²) >= 11 is 0. The lowest BCUT2D eigenvalue weighted by Crippen LogP contribution is -2.13. The SMILES string of the molecule is C=CCOC1c2ccccc2Oc2cc(O)ccc21. The van der Waals surface area contributed by atoms with E-state index in [1.165, 1.54) is 0 Å². The van der Waals surface area contributed by atoms with Gasteiger partial charge < -0.3 is 14.6 Å². The quantitative estimate of drug-likeness (QED) is 0.847. The topological polar surface area (TPSA) is 38.7 Å². The lowest BCUT2D eigenvalue weighted by Gasteiger charge is -2.28. The summed E-state index contributed by atoms with van der Waals surface area (Å²) in [6.07, 6.45) is 1.52. The van der Waals surface area contributed by atoms with Crippen molar-refractivity contribution in [3.63, 3.8) is 0 Å². The molecule has 19 heavy (non-hydrogen) atoms. The molecule has 0 aromatic heterocycles. The molecule has 2 aromatic carbocycles. The van der Waals surface area contributed by atoms with Gasteiger partial charge in [-0.15, -0.1) is 6.58 Å². The first-order chi connectivity index (χ1) is 9.29. The van der Waals surface area contributed by atoms with Crippen LogP contribution in [0.3, 0.4) is 0 Å². The first-order valence-electron chi connectivity index (χ1n) is 6.12. The molecule has 96 valence electrons. The molecule has 0 bridgehead atoms. The minimum atomic E-state index is -0.196. The maximum Gasteiger partial charge on any atom is 0.137 e. The Kier molecular flexibility index (Phi) is 2.97. The smallest absolute Gasteiger partial charge is 0.137 e. The number of para-hydroxylation sites is 1. The first kappa shape index (κ1) is 11.8. The molecule has 2 aromatic rings. The van der Waals surface area contributed by atoms with Crippen LogP contribution in [-0.4, -0.2) is 11.7 Å². The van der Waals surface area contributed by atoms with Gasteiger partial charge in [0.1, 0.15) is 23.4 Å². The molecule has 0 fully saturated rings. The van der Waals surface area contributed by atoms with Gasteiger partial charge in [0.25, 0.3) is 0 Å². The monoisotopic (exact) mass is 254 g/mol. The summed E-state index contributed by atoms with van der Waals surface area (Å²) in [5.41, 5.74) is 1.90. The van der Waals surface area contributed by atoms with Crippen molar-refractivity contribution in [2.24, 2.45) is 0 Å². The van der Waals surface area contributed by atoms with Crippen LogP contribution >= 0.6 is 0 Å². The number of ether oxygens (including phenoxy) is 2. The summed E-state index contributed by atoms with van der Waals surface area (Å²) in [6, 6.07) is 12.8. The number of hydrogen-bond acceptors (Lipinski definition) is 3. The summed E-state index contributed by atoms with van der Waals surface area (Å²) in [7, 11) is 0. The van der Waals surface area contributed by atoms with Crippen molar-refractivity contribution >= 4 is 0 Å². The minimum Gasteiger partial charge on any atom is -0.508 e. The van der Waals surface area contributed by atoms with Gasteiger partial charge in [0.15, 0.2) is 0 Å². The van der Waals surface area contributed by atoms with Gasteiger partial charge >= 0.3 is 0 Å². The van der Waals surface area contributed by atoms with Crippen LogP contribution in [0.5, 0.6) is 17.2 Å². The Morgan fingerprint density at radius 2 is 1.95 bits per heavy atom. The Bertz CT molecular complexity index is 619.